The maximum atomic E-state index is 4.68. The molecule has 3 heterocycles. The van der Waals surface area contributed by atoms with Crippen LogP contribution in [0.2, 0.25) is 0 Å². The van der Waals surface area contributed by atoms with Gasteiger partial charge in [0.05, 0.1) is 17.4 Å². The van der Waals surface area contributed by atoms with E-state index in [1.54, 1.807) is 11.3 Å². The summed E-state index contributed by atoms with van der Waals surface area (Å²) in [5.41, 5.74) is 1.19. The first kappa shape index (κ1) is 19.8. The van der Waals surface area contributed by atoms with Gasteiger partial charge in [-0.2, -0.15) is 20.5 Å². The lowest BCUT2D eigenvalue weighted by molar-refractivity contribution is 0.312. The number of nitrogens with zero attached hydrogens (tertiary/aromatic N) is 6. The van der Waals surface area contributed by atoms with Crippen LogP contribution in [0.3, 0.4) is 0 Å². The second kappa shape index (κ2) is 9.84. The lowest BCUT2D eigenvalue weighted by atomic mass is 10.3. The highest BCUT2D eigenvalue weighted by Crippen LogP contribution is 2.24. The highest BCUT2D eigenvalue weighted by molar-refractivity contribution is 7.98. The third-order valence-electron chi connectivity index (χ3n) is 4.11. The van der Waals surface area contributed by atoms with Crippen molar-refractivity contribution >= 4 is 46.5 Å². The number of aromatic nitrogens is 3. The van der Waals surface area contributed by atoms with Crippen molar-refractivity contribution in [2.45, 2.75) is 12.3 Å². The smallest absolute Gasteiger partial charge is 0.187 e. The number of hydrogen-bond acceptors (Lipinski definition) is 10. The molecule has 3 rings (SSSR count). The number of thioether (sulfide) groups is 1. The van der Waals surface area contributed by atoms with E-state index in [1.807, 2.05) is 11.8 Å². The molecule has 0 atom stereocenters. The molecule has 7 nitrogen and oxygen atoms in total. The van der Waals surface area contributed by atoms with E-state index in [0.717, 1.165) is 62.4 Å². The number of likely N-dealkylation sites (N-methyl/N-ethyl adjacent to an activating group) is 1. The number of rotatable bonds is 9. The fourth-order valence-electron chi connectivity index (χ4n) is 2.70. The molecular formula is C16H27N7S3. The molecule has 1 aliphatic rings. The Morgan fingerprint density at radius 1 is 1.23 bits per heavy atom. The third kappa shape index (κ3) is 5.78. The SMILES string of the molecule is CN(C)Cc1nc(CSCCNc2nsnc2N2CCN(C)CC2)cs1. The maximum absolute atomic E-state index is 4.68. The predicted molar refractivity (Wildman–Crippen MR) is 114 cm³/mol. The molecular weight excluding hydrogens is 386 g/mol. The summed E-state index contributed by atoms with van der Waals surface area (Å²) in [6.07, 6.45) is 0. The zero-order chi connectivity index (χ0) is 18.4. The number of anilines is 2. The topological polar surface area (TPSA) is 60.4 Å². The Bertz CT molecular complexity index is 664. The Morgan fingerprint density at radius 3 is 2.81 bits per heavy atom. The van der Waals surface area contributed by atoms with Crippen molar-refractivity contribution in [1.29, 1.82) is 0 Å². The van der Waals surface area contributed by atoms with E-state index in [2.05, 4.69) is 60.3 Å². The second-order valence-electron chi connectivity index (χ2n) is 6.68. The molecule has 26 heavy (non-hydrogen) atoms. The predicted octanol–water partition coefficient (Wildman–Crippen LogP) is 2.15. The van der Waals surface area contributed by atoms with Crippen molar-refractivity contribution in [3.05, 3.63) is 16.1 Å². The van der Waals surface area contributed by atoms with Crippen LogP contribution in [-0.4, -0.2) is 83.2 Å². The molecule has 1 fully saturated rings. The minimum atomic E-state index is 0.894. The van der Waals surface area contributed by atoms with Crippen molar-refractivity contribution in [1.82, 2.24) is 23.5 Å². The molecule has 1 aliphatic heterocycles. The molecule has 0 saturated carbocycles. The fraction of sp³-hybridized carbons (Fsp3) is 0.688. The van der Waals surface area contributed by atoms with Crippen LogP contribution in [0.15, 0.2) is 5.38 Å². The van der Waals surface area contributed by atoms with E-state index in [4.69, 9.17) is 0 Å². The standard InChI is InChI=1S/C16H27N7S3/c1-21(2)10-14-18-13(12-25-14)11-24-9-4-17-15-16(20-26-19-15)23-7-5-22(3)6-8-23/h12H,4-11H2,1-3H3,(H,17,19). The molecule has 1 saturated heterocycles. The molecule has 2 aromatic heterocycles. The molecule has 0 bridgehead atoms. The monoisotopic (exact) mass is 413 g/mol. The molecule has 0 radical (unpaired) electrons. The van der Waals surface area contributed by atoms with Gasteiger partial charge in [0.15, 0.2) is 11.6 Å². The van der Waals surface area contributed by atoms with Crippen LogP contribution in [0.1, 0.15) is 10.7 Å². The van der Waals surface area contributed by atoms with Crippen molar-refractivity contribution in [2.75, 3.05) is 69.8 Å². The van der Waals surface area contributed by atoms with E-state index >= 15 is 0 Å². The minimum absolute atomic E-state index is 0.894. The zero-order valence-electron chi connectivity index (χ0n) is 15.6. The molecule has 0 unspecified atom stereocenters. The van der Waals surface area contributed by atoms with Crippen molar-refractivity contribution < 1.29 is 0 Å². The Balaban J connectivity index is 1.38. The average molecular weight is 414 g/mol. The van der Waals surface area contributed by atoms with Crippen LogP contribution in [0, 0.1) is 0 Å². The molecule has 0 aliphatic carbocycles. The molecule has 1 N–H and O–H groups in total. The zero-order valence-corrected chi connectivity index (χ0v) is 18.1. The van der Waals surface area contributed by atoms with Gasteiger partial charge in [0, 0.05) is 56.2 Å². The van der Waals surface area contributed by atoms with E-state index < -0.39 is 0 Å². The molecule has 0 spiro atoms. The Morgan fingerprint density at radius 2 is 2.04 bits per heavy atom. The van der Waals surface area contributed by atoms with Gasteiger partial charge < -0.3 is 20.0 Å². The number of piperazine rings is 1. The largest absolute Gasteiger partial charge is 0.365 e. The molecule has 10 heteroatoms. The van der Waals surface area contributed by atoms with Crippen LogP contribution >= 0.6 is 34.8 Å². The lowest BCUT2D eigenvalue weighted by Crippen LogP contribution is -2.44. The average Bonchev–Trinajstić information content (AvgIpc) is 3.24. The molecule has 0 amide bonds. The van der Waals surface area contributed by atoms with Crippen molar-refractivity contribution in [2.24, 2.45) is 0 Å². The van der Waals surface area contributed by atoms with E-state index in [9.17, 15) is 0 Å². The van der Waals surface area contributed by atoms with Crippen molar-refractivity contribution in [3.63, 3.8) is 0 Å². The van der Waals surface area contributed by atoms with Gasteiger partial charge in [0.2, 0.25) is 0 Å². The summed E-state index contributed by atoms with van der Waals surface area (Å²) >= 11 is 4.95. The minimum Gasteiger partial charge on any atom is -0.365 e. The number of thiazole rings is 1. The highest BCUT2D eigenvalue weighted by atomic mass is 32.2. The van der Waals surface area contributed by atoms with Crippen LogP contribution in [0.25, 0.3) is 0 Å². The maximum Gasteiger partial charge on any atom is 0.187 e. The van der Waals surface area contributed by atoms with Crippen LogP contribution in [-0.2, 0) is 12.3 Å². The first-order chi connectivity index (χ1) is 12.6. The van der Waals surface area contributed by atoms with Gasteiger partial charge in [-0.1, -0.05) is 0 Å². The van der Waals surface area contributed by atoms with Crippen LogP contribution in [0.4, 0.5) is 11.6 Å². The number of nitrogens with one attached hydrogen (secondary N) is 1. The Kier molecular flexibility index (Phi) is 7.50. The second-order valence-corrected chi connectivity index (χ2v) is 9.25. The summed E-state index contributed by atoms with van der Waals surface area (Å²) in [5.74, 6) is 3.94. The Hall–Kier alpha value is -0.940. The summed E-state index contributed by atoms with van der Waals surface area (Å²) in [7, 11) is 6.31. The van der Waals surface area contributed by atoms with E-state index in [1.165, 1.54) is 22.4 Å². The number of hydrogen-bond donors (Lipinski definition) is 1. The summed E-state index contributed by atoms with van der Waals surface area (Å²) in [6.45, 7) is 6.01. The third-order valence-corrected chi connectivity index (χ3v) is 6.51. The van der Waals surface area contributed by atoms with Crippen molar-refractivity contribution in [3.8, 4) is 0 Å². The lowest BCUT2D eigenvalue weighted by Gasteiger charge is -2.32. The summed E-state index contributed by atoms with van der Waals surface area (Å²) in [4.78, 5) is 11.5. The van der Waals surface area contributed by atoms with E-state index in [-0.39, 0.29) is 0 Å². The summed E-state index contributed by atoms with van der Waals surface area (Å²) < 4.78 is 8.93. The van der Waals surface area contributed by atoms with Crippen LogP contribution < -0.4 is 10.2 Å². The molecule has 0 aromatic carbocycles. The highest BCUT2D eigenvalue weighted by Gasteiger charge is 2.20. The Labute approximate surface area is 168 Å². The van der Waals surface area contributed by atoms with Gasteiger partial charge in [-0.05, 0) is 21.1 Å². The van der Waals surface area contributed by atoms with Gasteiger partial charge in [-0.15, -0.1) is 11.3 Å². The fourth-order valence-corrected chi connectivity index (χ4v) is 5.01. The summed E-state index contributed by atoms with van der Waals surface area (Å²) in [6, 6.07) is 0. The molecule has 2 aromatic rings. The first-order valence-electron chi connectivity index (χ1n) is 8.77. The molecule has 144 valence electrons. The summed E-state index contributed by atoms with van der Waals surface area (Å²) in [5, 5.41) is 6.82. The van der Waals surface area contributed by atoms with Gasteiger partial charge >= 0.3 is 0 Å². The van der Waals surface area contributed by atoms with Gasteiger partial charge in [-0.3, -0.25) is 0 Å². The first-order valence-corrected chi connectivity index (χ1v) is 11.5. The van der Waals surface area contributed by atoms with Gasteiger partial charge in [0.1, 0.15) is 5.01 Å². The van der Waals surface area contributed by atoms with Crippen LogP contribution in [0.5, 0.6) is 0 Å². The normalized spacial score (nSPS) is 15.8. The van der Waals surface area contributed by atoms with Gasteiger partial charge in [-0.25, -0.2) is 4.98 Å². The van der Waals surface area contributed by atoms with Gasteiger partial charge in [0.25, 0.3) is 0 Å². The van der Waals surface area contributed by atoms with E-state index in [0.29, 0.717) is 0 Å². The quantitative estimate of drug-likeness (QED) is 0.628.